The molecule has 0 bridgehead atoms. The van der Waals surface area contributed by atoms with E-state index in [9.17, 15) is 0 Å². The average molecular weight is 667 g/mol. The number of hydrogen-bond donors (Lipinski definition) is 0. The minimum atomic E-state index is 0.624. The Morgan fingerprint density at radius 3 is 1.80 bits per heavy atom. The van der Waals surface area contributed by atoms with Crippen LogP contribution < -0.4 is 0 Å². The van der Waals surface area contributed by atoms with Crippen molar-refractivity contribution in [3.05, 3.63) is 158 Å². The second-order valence-corrected chi connectivity index (χ2v) is 14.0. The average Bonchev–Trinajstić information content (AvgIpc) is 3.59. The highest BCUT2D eigenvalue weighted by Crippen LogP contribution is 2.42. The van der Waals surface area contributed by atoms with Gasteiger partial charge in [0.2, 0.25) is 0 Å². The SMILES string of the molecule is c1ccc(-c2nc(-c3cccc(-c4nc5sc6ccccc6c5c5ccccc45)c3)nc(-c3ccc4ccc5cccc6ccc3c4c56)n2)cc1. The Bertz CT molecular complexity index is 3130. The molecule has 5 heteroatoms. The maximum atomic E-state index is 5.32. The number of pyridine rings is 1. The van der Waals surface area contributed by atoms with Crippen LogP contribution in [0.25, 0.3) is 109 Å². The molecule has 3 aromatic heterocycles. The molecule has 0 N–H and O–H groups in total. The van der Waals surface area contributed by atoms with E-state index in [1.165, 1.54) is 47.8 Å². The van der Waals surface area contributed by atoms with Crippen LogP contribution in [0.15, 0.2) is 158 Å². The molecule has 3 heterocycles. The smallest absolute Gasteiger partial charge is 0.164 e. The molecule has 11 aromatic rings. The lowest BCUT2D eigenvalue weighted by Gasteiger charge is -2.14. The number of aromatic nitrogens is 4. The molecule has 0 unspecified atom stereocenters. The number of hydrogen-bond acceptors (Lipinski definition) is 5. The molecule has 4 nitrogen and oxygen atoms in total. The Labute approximate surface area is 296 Å². The highest BCUT2D eigenvalue weighted by molar-refractivity contribution is 7.25. The Hall–Kier alpha value is -6.56. The number of thiophene rings is 1. The highest BCUT2D eigenvalue weighted by atomic mass is 32.1. The first-order chi connectivity index (χ1) is 25.3. The van der Waals surface area contributed by atoms with Gasteiger partial charge in [-0.1, -0.05) is 140 Å². The molecule has 0 radical (unpaired) electrons. The van der Waals surface area contributed by atoms with Crippen LogP contribution in [-0.4, -0.2) is 19.9 Å². The van der Waals surface area contributed by atoms with Crippen molar-refractivity contribution in [1.29, 1.82) is 0 Å². The van der Waals surface area contributed by atoms with Crippen molar-refractivity contribution in [3.63, 3.8) is 0 Å². The van der Waals surface area contributed by atoms with Crippen LogP contribution >= 0.6 is 11.3 Å². The number of benzene rings is 8. The molecule has 0 fully saturated rings. The van der Waals surface area contributed by atoms with Gasteiger partial charge in [0.15, 0.2) is 17.5 Å². The lowest BCUT2D eigenvalue weighted by molar-refractivity contribution is 1.08. The lowest BCUT2D eigenvalue weighted by Crippen LogP contribution is -2.01. The maximum absolute atomic E-state index is 5.32. The lowest BCUT2D eigenvalue weighted by atomic mass is 9.92. The standard InChI is InChI=1S/C46H26N4S/c1-2-10-30(11-3-1)43-48-44(50-45(49-43)36-25-23-29-21-20-27-12-8-13-28-22-24-34(36)40(29)39(27)28)32-15-9-14-31(26-32)42-35-17-5-4-16-33(35)41-37-18-6-7-19-38(37)51-46(41)47-42/h1-26H. The molecule has 0 atom stereocenters. The van der Waals surface area contributed by atoms with Gasteiger partial charge in [0, 0.05) is 43.1 Å². The molecule has 0 saturated carbocycles. The van der Waals surface area contributed by atoms with E-state index in [1.807, 2.05) is 18.2 Å². The monoisotopic (exact) mass is 666 g/mol. The van der Waals surface area contributed by atoms with Gasteiger partial charge in [-0.25, -0.2) is 19.9 Å². The van der Waals surface area contributed by atoms with Crippen molar-refractivity contribution in [2.45, 2.75) is 0 Å². The third kappa shape index (κ3) is 4.38. The molecule has 0 aliphatic carbocycles. The largest absolute Gasteiger partial charge is 0.236 e. The number of nitrogens with zero attached hydrogens (tertiary/aromatic N) is 4. The second-order valence-electron chi connectivity index (χ2n) is 13.0. The Kier molecular flexibility index (Phi) is 6.09. The summed E-state index contributed by atoms with van der Waals surface area (Å²) >= 11 is 1.74. The summed E-state index contributed by atoms with van der Waals surface area (Å²) in [5, 5.41) is 12.1. The van der Waals surface area contributed by atoms with E-state index in [1.54, 1.807) is 11.3 Å². The first kappa shape index (κ1) is 28.3. The molecule has 11 rings (SSSR count). The van der Waals surface area contributed by atoms with Crippen LogP contribution in [0, 0.1) is 0 Å². The number of fused-ring (bicyclic) bond motifs is 5. The predicted octanol–water partition coefficient (Wildman–Crippen LogP) is 12.4. The fourth-order valence-corrected chi connectivity index (χ4v) is 8.83. The van der Waals surface area contributed by atoms with Crippen LogP contribution in [0.1, 0.15) is 0 Å². The molecular formula is C46H26N4S. The van der Waals surface area contributed by atoms with Gasteiger partial charge in [0.1, 0.15) is 4.83 Å². The van der Waals surface area contributed by atoms with Crippen molar-refractivity contribution in [1.82, 2.24) is 19.9 Å². The molecule has 0 saturated heterocycles. The first-order valence-corrected chi connectivity index (χ1v) is 17.9. The van der Waals surface area contributed by atoms with Gasteiger partial charge in [-0.05, 0) is 55.9 Å². The Balaban J connectivity index is 1.13. The van der Waals surface area contributed by atoms with E-state index in [4.69, 9.17) is 19.9 Å². The third-order valence-electron chi connectivity index (χ3n) is 10.1. The molecule has 0 aliphatic rings. The summed E-state index contributed by atoms with van der Waals surface area (Å²) in [6.07, 6.45) is 0. The molecule has 0 amide bonds. The molecule has 0 spiro atoms. The van der Waals surface area contributed by atoms with Gasteiger partial charge in [-0.3, -0.25) is 0 Å². The van der Waals surface area contributed by atoms with Gasteiger partial charge >= 0.3 is 0 Å². The molecule has 0 aliphatic heterocycles. The zero-order valence-electron chi connectivity index (χ0n) is 27.2. The van der Waals surface area contributed by atoms with Gasteiger partial charge in [0.25, 0.3) is 0 Å². The van der Waals surface area contributed by atoms with E-state index in [0.29, 0.717) is 17.5 Å². The minimum absolute atomic E-state index is 0.624. The summed E-state index contributed by atoms with van der Waals surface area (Å²) in [5.41, 5.74) is 4.82. The van der Waals surface area contributed by atoms with Crippen molar-refractivity contribution in [3.8, 4) is 45.4 Å². The molecule has 51 heavy (non-hydrogen) atoms. The van der Waals surface area contributed by atoms with Crippen LogP contribution in [0.3, 0.4) is 0 Å². The normalized spacial score (nSPS) is 11.9. The fraction of sp³-hybridized carbons (Fsp3) is 0. The first-order valence-electron chi connectivity index (χ1n) is 17.1. The van der Waals surface area contributed by atoms with Crippen LogP contribution in [-0.2, 0) is 0 Å². The van der Waals surface area contributed by atoms with Crippen LogP contribution in [0.5, 0.6) is 0 Å². The van der Waals surface area contributed by atoms with Gasteiger partial charge in [-0.2, -0.15) is 0 Å². The van der Waals surface area contributed by atoms with Gasteiger partial charge < -0.3 is 0 Å². The van der Waals surface area contributed by atoms with Crippen LogP contribution in [0.2, 0.25) is 0 Å². The van der Waals surface area contributed by atoms with Crippen molar-refractivity contribution >= 4 is 74.7 Å². The Morgan fingerprint density at radius 2 is 0.961 bits per heavy atom. The van der Waals surface area contributed by atoms with E-state index in [2.05, 4.69) is 140 Å². The quantitative estimate of drug-likeness (QED) is 0.175. The fourth-order valence-electron chi connectivity index (χ4n) is 7.74. The minimum Gasteiger partial charge on any atom is -0.236 e. The van der Waals surface area contributed by atoms with E-state index >= 15 is 0 Å². The zero-order valence-corrected chi connectivity index (χ0v) is 28.0. The predicted molar refractivity (Wildman–Crippen MR) is 213 cm³/mol. The second kappa shape index (κ2) is 11.0. The summed E-state index contributed by atoms with van der Waals surface area (Å²) in [6, 6.07) is 55.5. The van der Waals surface area contributed by atoms with Crippen molar-refractivity contribution < 1.29 is 0 Å². The Morgan fingerprint density at radius 1 is 0.353 bits per heavy atom. The van der Waals surface area contributed by atoms with Crippen molar-refractivity contribution in [2.75, 3.05) is 0 Å². The maximum Gasteiger partial charge on any atom is 0.164 e. The van der Waals surface area contributed by atoms with Gasteiger partial charge in [-0.15, -0.1) is 11.3 Å². The third-order valence-corrected chi connectivity index (χ3v) is 11.1. The molecular weight excluding hydrogens is 641 g/mol. The summed E-state index contributed by atoms with van der Waals surface area (Å²) in [5.74, 6) is 1.91. The topological polar surface area (TPSA) is 51.6 Å². The highest BCUT2D eigenvalue weighted by Gasteiger charge is 2.19. The van der Waals surface area contributed by atoms with Crippen molar-refractivity contribution in [2.24, 2.45) is 0 Å². The van der Waals surface area contributed by atoms with E-state index in [0.717, 1.165) is 43.6 Å². The summed E-state index contributed by atoms with van der Waals surface area (Å²) in [7, 11) is 0. The molecule has 236 valence electrons. The van der Waals surface area contributed by atoms with Gasteiger partial charge in [0.05, 0.1) is 5.69 Å². The number of rotatable bonds is 4. The van der Waals surface area contributed by atoms with E-state index < -0.39 is 0 Å². The zero-order chi connectivity index (χ0) is 33.5. The molecule has 8 aromatic carbocycles. The van der Waals surface area contributed by atoms with E-state index in [-0.39, 0.29) is 0 Å². The summed E-state index contributed by atoms with van der Waals surface area (Å²) in [6.45, 7) is 0. The van der Waals surface area contributed by atoms with Crippen LogP contribution in [0.4, 0.5) is 0 Å². The summed E-state index contributed by atoms with van der Waals surface area (Å²) in [4.78, 5) is 21.8. The summed E-state index contributed by atoms with van der Waals surface area (Å²) < 4.78 is 1.24.